The van der Waals surface area contributed by atoms with Crippen molar-refractivity contribution in [3.05, 3.63) is 29.6 Å². The van der Waals surface area contributed by atoms with Gasteiger partial charge in [-0.3, -0.25) is 0 Å². The van der Waals surface area contributed by atoms with Crippen molar-refractivity contribution in [1.82, 2.24) is 20.2 Å². The Morgan fingerprint density at radius 2 is 1.77 bits per heavy atom. The van der Waals surface area contributed by atoms with Gasteiger partial charge >= 0.3 is 0 Å². The number of quaternary nitrogens is 2. The lowest BCUT2D eigenvalue weighted by Gasteiger charge is -2.36. The van der Waals surface area contributed by atoms with Crippen molar-refractivity contribution >= 4 is 0 Å². The monoisotopic (exact) mass is 432 g/mol. The Balaban J connectivity index is 1.61. The molecule has 0 unspecified atom stereocenters. The first-order valence-corrected chi connectivity index (χ1v) is 11.4. The van der Waals surface area contributed by atoms with Crippen LogP contribution in [0.5, 0.6) is 11.5 Å². The molecular weight excluding hydrogens is 396 g/mol. The fourth-order valence-electron chi connectivity index (χ4n) is 5.28. The fourth-order valence-corrected chi connectivity index (χ4v) is 5.28. The Hall–Kier alpha value is -2.23. The number of ether oxygens (including phenoxy) is 3. The quantitative estimate of drug-likeness (QED) is 0.538. The number of piperazine rings is 1. The molecule has 1 atom stereocenters. The lowest BCUT2D eigenvalue weighted by molar-refractivity contribution is -1.03. The van der Waals surface area contributed by atoms with E-state index in [0.29, 0.717) is 13.2 Å². The molecule has 2 aliphatic rings. The van der Waals surface area contributed by atoms with Crippen molar-refractivity contribution in [3.8, 4) is 11.5 Å². The minimum Gasteiger partial charge on any atom is -0.493 e. The molecule has 4 rings (SSSR count). The van der Waals surface area contributed by atoms with E-state index in [-0.39, 0.29) is 6.04 Å². The van der Waals surface area contributed by atoms with Gasteiger partial charge < -0.3 is 24.0 Å². The molecule has 1 aliphatic heterocycles. The first kappa shape index (κ1) is 22.0. The summed E-state index contributed by atoms with van der Waals surface area (Å²) in [5.41, 5.74) is 1.14. The summed E-state index contributed by atoms with van der Waals surface area (Å²) in [6, 6.07) is 7.06. The molecule has 1 saturated carbocycles. The highest BCUT2D eigenvalue weighted by Gasteiger charge is 2.38. The van der Waals surface area contributed by atoms with Crippen molar-refractivity contribution in [3.63, 3.8) is 0 Å². The lowest BCUT2D eigenvalue weighted by atomic mass is 10.0. The number of aromatic nitrogens is 4. The Labute approximate surface area is 184 Å². The van der Waals surface area contributed by atoms with Crippen LogP contribution in [0.2, 0.25) is 0 Å². The normalized spacial score (nSPS) is 23.1. The van der Waals surface area contributed by atoms with Crippen molar-refractivity contribution in [2.45, 2.75) is 44.3 Å². The molecule has 1 aromatic heterocycles. The van der Waals surface area contributed by atoms with Crippen LogP contribution >= 0.6 is 0 Å². The largest absolute Gasteiger partial charge is 0.493 e. The predicted molar refractivity (Wildman–Crippen MR) is 115 cm³/mol. The van der Waals surface area contributed by atoms with Gasteiger partial charge in [0.15, 0.2) is 17.5 Å². The van der Waals surface area contributed by atoms with E-state index in [9.17, 15) is 0 Å². The number of nitrogens with zero attached hydrogens (tertiary/aromatic N) is 4. The van der Waals surface area contributed by atoms with Gasteiger partial charge in [0, 0.05) is 12.7 Å². The van der Waals surface area contributed by atoms with E-state index >= 15 is 0 Å². The first-order valence-electron chi connectivity index (χ1n) is 11.4. The summed E-state index contributed by atoms with van der Waals surface area (Å²) in [4.78, 5) is 3.29. The van der Waals surface area contributed by atoms with Gasteiger partial charge in [-0.1, -0.05) is 0 Å². The number of benzene rings is 1. The number of nitrogens with one attached hydrogen (secondary N) is 2. The Morgan fingerprint density at radius 1 is 1.03 bits per heavy atom. The third kappa shape index (κ3) is 4.83. The topological polar surface area (TPSA) is 80.2 Å². The number of methoxy groups -OCH3 is 3. The summed E-state index contributed by atoms with van der Waals surface area (Å²) in [5, 5.41) is 12.7. The van der Waals surface area contributed by atoms with Crippen LogP contribution in [-0.2, 0) is 11.3 Å². The maximum atomic E-state index is 5.59. The minimum absolute atomic E-state index is 0.0387. The average molecular weight is 433 g/mol. The molecule has 1 aliphatic carbocycles. The van der Waals surface area contributed by atoms with E-state index in [4.69, 9.17) is 14.2 Å². The Morgan fingerprint density at radius 3 is 2.45 bits per heavy atom. The summed E-state index contributed by atoms with van der Waals surface area (Å²) >= 11 is 0. The van der Waals surface area contributed by atoms with Gasteiger partial charge in [0.25, 0.3) is 0 Å². The van der Waals surface area contributed by atoms with E-state index in [0.717, 1.165) is 42.0 Å². The van der Waals surface area contributed by atoms with Gasteiger partial charge in [-0.15, -0.1) is 5.10 Å². The number of hydrogen-bond acceptors (Lipinski definition) is 6. The summed E-state index contributed by atoms with van der Waals surface area (Å²) in [7, 11) is 5.04. The van der Waals surface area contributed by atoms with Gasteiger partial charge in [-0.05, 0) is 54.3 Å². The van der Waals surface area contributed by atoms with Crippen LogP contribution in [-0.4, -0.2) is 80.4 Å². The average Bonchev–Trinajstić information content (AvgIpc) is 3.51. The molecule has 2 aromatic rings. The van der Waals surface area contributed by atoms with Crippen LogP contribution in [0.3, 0.4) is 0 Å². The Kier molecular flexibility index (Phi) is 7.37. The van der Waals surface area contributed by atoms with E-state index in [1.54, 1.807) is 26.2 Å². The van der Waals surface area contributed by atoms with Crippen LogP contribution in [0, 0.1) is 0 Å². The van der Waals surface area contributed by atoms with Crippen LogP contribution in [0.1, 0.15) is 43.1 Å². The first-order chi connectivity index (χ1) is 15.2. The van der Waals surface area contributed by atoms with Gasteiger partial charge in [0.05, 0.1) is 33.4 Å². The van der Waals surface area contributed by atoms with Gasteiger partial charge in [-0.25, -0.2) is 4.68 Å². The maximum Gasteiger partial charge on any atom is 0.214 e. The van der Waals surface area contributed by atoms with Crippen LogP contribution in [0.15, 0.2) is 18.2 Å². The van der Waals surface area contributed by atoms with Crippen LogP contribution < -0.4 is 19.3 Å². The number of rotatable bonds is 9. The van der Waals surface area contributed by atoms with Crippen molar-refractivity contribution < 1.29 is 24.0 Å². The molecular formula is C22H36N6O3+2. The molecule has 2 fully saturated rings. The highest BCUT2D eigenvalue weighted by atomic mass is 16.5. The van der Waals surface area contributed by atoms with Crippen molar-refractivity contribution in [2.24, 2.45) is 0 Å². The molecule has 9 heteroatoms. The van der Waals surface area contributed by atoms with Gasteiger partial charge in [0.1, 0.15) is 26.2 Å². The summed E-state index contributed by atoms with van der Waals surface area (Å²) < 4.78 is 18.2. The second-order valence-electron chi connectivity index (χ2n) is 8.60. The van der Waals surface area contributed by atoms with Crippen LogP contribution in [0.4, 0.5) is 0 Å². The zero-order valence-electron chi connectivity index (χ0n) is 19.0. The SMILES string of the molecule is COCCn1nnnc1[C@H](c1ccc(OC)c(OC)c1)[NH+]1CC[NH+](C2CCCC2)CC1. The third-order valence-electron chi connectivity index (χ3n) is 6.94. The Bertz CT molecular complexity index is 830. The summed E-state index contributed by atoms with van der Waals surface area (Å²) in [6.45, 7) is 5.80. The molecule has 9 nitrogen and oxygen atoms in total. The smallest absolute Gasteiger partial charge is 0.214 e. The van der Waals surface area contributed by atoms with E-state index in [1.807, 2.05) is 10.7 Å². The fraction of sp³-hybridized carbons (Fsp3) is 0.682. The summed E-state index contributed by atoms with van der Waals surface area (Å²) in [5.74, 6) is 2.34. The molecule has 2 N–H and O–H groups in total. The highest BCUT2D eigenvalue weighted by Crippen LogP contribution is 2.30. The van der Waals surface area contributed by atoms with E-state index in [1.165, 1.54) is 43.7 Å². The maximum absolute atomic E-state index is 5.59. The number of hydrogen-bond donors (Lipinski definition) is 2. The zero-order valence-corrected chi connectivity index (χ0v) is 19.0. The van der Waals surface area contributed by atoms with Crippen molar-refractivity contribution in [1.29, 1.82) is 0 Å². The third-order valence-corrected chi connectivity index (χ3v) is 6.94. The van der Waals surface area contributed by atoms with E-state index in [2.05, 4.69) is 27.7 Å². The standard InChI is InChI=1S/C22H34N6O3/c1-29-15-14-28-22(23-24-25-28)21(17-8-9-19(30-2)20(16-17)31-3)27-12-10-26(11-13-27)18-6-4-5-7-18/h8-9,16,18,21H,4-7,10-15H2,1-3H3/p+2/t21-/m0/s1. The second kappa shape index (κ2) is 10.4. The molecule has 1 aromatic carbocycles. The van der Waals surface area contributed by atoms with E-state index < -0.39 is 0 Å². The molecule has 1 saturated heterocycles. The van der Waals surface area contributed by atoms with Gasteiger partial charge in [0.2, 0.25) is 5.82 Å². The van der Waals surface area contributed by atoms with Crippen LogP contribution in [0.25, 0.3) is 0 Å². The van der Waals surface area contributed by atoms with Crippen molar-refractivity contribution in [2.75, 3.05) is 54.1 Å². The molecule has 0 spiro atoms. The number of tetrazole rings is 1. The molecule has 0 radical (unpaired) electrons. The highest BCUT2D eigenvalue weighted by molar-refractivity contribution is 5.44. The van der Waals surface area contributed by atoms with Gasteiger partial charge in [-0.2, -0.15) is 0 Å². The second-order valence-corrected chi connectivity index (χ2v) is 8.60. The molecule has 31 heavy (non-hydrogen) atoms. The summed E-state index contributed by atoms with van der Waals surface area (Å²) in [6.07, 6.45) is 5.57. The lowest BCUT2D eigenvalue weighted by Crippen LogP contribution is -3.29. The minimum atomic E-state index is 0.0387. The molecule has 0 bridgehead atoms. The molecule has 0 amide bonds. The zero-order chi connectivity index (χ0) is 21.6. The predicted octanol–water partition coefficient (Wildman–Crippen LogP) is -0.848. The molecule has 170 valence electrons. The molecule has 2 heterocycles.